The monoisotopic (exact) mass is 250 g/mol. The second kappa shape index (κ2) is 6.00. The second-order valence-electron chi connectivity index (χ2n) is 5.39. The topological polar surface area (TPSA) is 50.2 Å². The summed E-state index contributed by atoms with van der Waals surface area (Å²) in [6.45, 7) is 7.79. The van der Waals surface area contributed by atoms with Crippen molar-refractivity contribution in [3.05, 3.63) is 18.7 Å². The molecular weight excluding hydrogens is 228 g/mol. The lowest BCUT2D eigenvalue weighted by Gasteiger charge is -2.33. The Labute approximate surface area is 108 Å². The van der Waals surface area contributed by atoms with Crippen LogP contribution in [0.3, 0.4) is 0 Å². The number of imidazole rings is 1. The molecule has 0 spiro atoms. The Morgan fingerprint density at radius 1 is 1.44 bits per heavy atom. The van der Waals surface area contributed by atoms with Crippen molar-refractivity contribution in [3.8, 4) is 0 Å². The first-order valence-electron chi connectivity index (χ1n) is 6.66. The summed E-state index contributed by atoms with van der Waals surface area (Å²) in [4.78, 5) is 18.2. The molecule has 0 unspecified atom stereocenters. The van der Waals surface area contributed by atoms with Crippen molar-refractivity contribution in [3.63, 3.8) is 0 Å². The van der Waals surface area contributed by atoms with E-state index in [2.05, 4.69) is 29.0 Å². The van der Waals surface area contributed by atoms with E-state index in [1.54, 1.807) is 12.4 Å². The number of likely N-dealkylation sites (tertiary alicyclic amines) is 1. The first-order valence-corrected chi connectivity index (χ1v) is 6.66. The highest BCUT2D eigenvalue weighted by atomic mass is 16.2. The zero-order valence-electron chi connectivity index (χ0n) is 11.2. The van der Waals surface area contributed by atoms with Gasteiger partial charge in [-0.1, -0.05) is 13.8 Å². The summed E-state index contributed by atoms with van der Waals surface area (Å²) in [5.74, 6) is 0.710. The number of nitrogens with zero attached hydrogens (tertiary/aromatic N) is 3. The number of hydrogen-bond acceptors (Lipinski definition) is 3. The number of aromatic nitrogens is 2. The van der Waals surface area contributed by atoms with Crippen molar-refractivity contribution in [1.29, 1.82) is 0 Å². The largest absolute Gasteiger partial charge is 0.335 e. The molecule has 5 heteroatoms. The van der Waals surface area contributed by atoms with Crippen molar-refractivity contribution >= 4 is 6.03 Å². The Kier molecular flexibility index (Phi) is 4.36. The van der Waals surface area contributed by atoms with E-state index in [1.165, 1.54) is 10.9 Å². The van der Waals surface area contributed by atoms with E-state index in [0.29, 0.717) is 12.0 Å². The standard InChI is InChI=1S/C13H22N4O/c1-11(2)9-16-6-3-12(4-7-16)15-13(18)17-8-5-14-10-17/h5,8,10-12H,3-4,6-7,9H2,1-2H3,(H,15,18). The Bertz CT molecular complexity index is 366. The van der Waals surface area contributed by atoms with Gasteiger partial charge < -0.3 is 10.2 Å². The van der Waals surface area contributed by atoms with Gasteiger partial charge in [-0.2, -0.15) is 0 Å². The molecule has 1 aliphatic rings. The molecular formula is C13H22N4O. The minimum absolute atomic E-state index is 0.0743. The zero-order valence-corrected chi connectivity index (χ0v) is 11.2. The van der Waals surface area contributed by atoms with Gasteiger partial charge >= 0.3 is 6.03 Å². The third-order valence-electron chi connectivity index (χ3n) is 3.28. The third-order valence-corrected chi connectivity index (χ3v) is 3.28. The molecule has 5 nitrogen and oxygen atoms in total. The van der Waals surface area contributed by atoms with Crippen molar-refractivity contribution in [2.24, 2.45) is 5.92 Å². The third kappa shape index (κ3) is 3.57. The van der Waals surface area contributed by atoms with Crippen LogP contribution < -0.4 is 5.32 Å². The maximum Gasteiger partial charge on any atom is 0.327 e. The maximum atomic E-state index is 11.8. The molecule has 18 heavy (non-hydrogen) atoms. The summed E-state index contributed by atoms with van der Waals surface area (Å²) in [5, 5.41) is 3.05. The highest BCUT2D eigenvalue weighted by Gasteiger charge is 2.21. The number of amides is 1. The lowest BCUT2D eigenvalue weighted by atomic mass is 10.0. The fraction of sp³-hybridized carbons (Fsp3) is 0.692. The van der Waals surface area contributed by atoms with Crippen LogP contribution in [-0.2, 0) is 0 Å². The van der Waals surface area contributed by atoms with Gasteiger partial charge in [0, 0.05) is 38.1 Å². The number of carbonyl (C=O) groups is 1. The van der Waals surface area contributed by atoms with Gasteiger partial charge in [-0.3, -0.25) is 4.57 Å². The highest BCUT2D eigenvalue weighted by molar-refractivity contribution is 5.76. The van der Waals surface area contributed by atoms with E-state index in [1.807, 2.05) is 0 Å². The SMILES string of the molecule is CC(C)CN1CCC(NC(=O)n2ccnc2)CC1. The van der Waals surface area contributed by atoms with E-state index in [0.717, 1.165) is 32.5 Å². The summed E-state index contributed by atoms with van der Waals surface area (Å²) in [7, 11) is 0. The molecule has 0 atom stereocenters. The molecule has 100 valence electrons. The minimum atomic E-state index is -0.0743. The fourth-order valence-electron chi connectivity index (χ4n) is 2.40. The van der Waals surface area contributed by atoms with Crippen LogP contribution in [0, 0.1) is 5.92 Å². The molecule has 1 saturated heterocycles. The van der Waals surface area contributed by atoms with E-state index in [4.69, 9.17) is 0 Å². The van der Waals surface area contributed by atoms with Crippen LogP contribution in [0.15, 0.2) is 18.7 Å². The van der Waals surface area contributed by atoms with Crippen molar-refractivity contribution in [2.75, 3.05) is 19.6 Å². The molecule has 1 fully saturated rings. The summed E-state index contributed by atoms with van der Waals surface area (Å²) < 4.78 is 1.49. The molecule has 2 rings (SSSR count). The Hall–Kier alpha value is -1.36. The van der Waals surface area contributed by atoms with Gasteiger partial charge in [0.1, 0.15) is 6.33 Å². The van der Waals surface area contributed by atoms with Gasteiger partial charge in [-0.05, 0) is 18.8 Å². The smallest absolute Gasteiger partial charge is 0.327 e. The average Bonchev–Trinajstić information content (AvgIpc) is 2.84. The Morgan fingerprint density at radius 2 is 2.17 bits per heavy atom. The predicted molar refractivity (Wildman–Crippen MR) is 70.5 cm³/mol. The molecule has 1 N–H and O–H groups in total. The number of piperidine rings is 1. The van der Waals surface area contributed by atoms with Gasteiger partial charge in [-0.15, -0.1) is 0 Å². The van der Waals surface area contributed by atoms with Gasteiger partial charge in [-0.25, -0.2) is 9.78 Å². The average molecular weight is 250 g/mol. The number of hydrogen-bond donors (Lipinski definition) is 1. The molecule has 0 radical (unpaired) electrons. The molecule has 0 bridgehead atoms. The van der Waals surface area contributed by atoms with Gasteiger partial charge in [0.25, 0.3) is 0 Å². The van der Waals surface area contributed by atoms with Crippen molar-refractivity contribution in [1.82, 2.24) is 19.8 Å². The quantitative estimate of drug-likeness (QED) is 0.885. The lowest BCUT2D eigenvalue weighted by molar-refractivity contribution is 0.178. The normalized spacial score (nSPS) is 18.2. The minimum Gasteiger partial charge on any atom is -0.335 e. The summed E-state index contributed by atoms with van der Waals surface area (Å²) in [6, 6.07) is 0.220. The van der Waals surface area contributed by atoms with Crippen LogP contribution in [-0.4, -0.2) is 46.2 Å². The van der Waals surface area contributed by atoms with Crippen LogP contribution in [0.4, 0.5) is 4.79 Å². The number of nitrogens with one attached hydrogen (secondary N) is 1. The van der Waals surface area contributed by atoms with E-state index in [-0.39, 0.29) is 6.03 Å². The van der Waals surface area contributed by atoms with E-state index < -0.39 is 0 Å². The Morgan fingerprint density at radius 3 is 2.72 bits per heavy atom. The maximum absolute atomic E-state index is 11.8. The van der Waals surface area contributed by atoms with Gasteiger partial charge in [0.05, 0.1) is 0 Å². The molecule has 0 aromatic carbocycles. The van der Waals surface area contributed by atoms with Crippen LogP contribution in [0.5, 0.6) is 0 Å². The second-order valence-corrected chi connectivity index (χ2v) is 5.39. The van der Waals surface area contributed by atoms with E-state index in [9.17, 15) is 4.79 Å². The lowest BCUT2D eigenvalue weighted by Crippen LogP contribution is -2.46. The van der Waals surface area contributed by atoms with E-state index >= 15 is 0 Å². The van der Waals surface area contributed by atoms with Crippen LogP contribution in [0.2, 0.25) is 0 Å². The summed E-state index contributed by atoms with van der Waals surface area (Å²) >= 11 is 0. The van der Waals surface area contributed by atoms with Gasteiger partial charge in [0.2, 0.25) is 0 Å². The molecule has 1 aliphatic heterocycles. The van der Waals surface area contributed by atoms with Crippen molar-refractivity contribution in [2.45, 2.75) is 32.7 Å². The fourth-order valence-corrected chi connectivity index (χ4v) is 2.40. The molecule has 1 amide bonds. The van der Waals surface area contributed by atoms with Crippen LogP contribution >= 0.6 is 0 Å². The molecule has 0 saturated carbocycles. The Balaban J connectivity index is 1.75. The van der Waals surface area contributed by atoms with Gasteiger partial charge in [0.15, 0.2) is 0 Å². The molecule has 1 aromatic heterocycles. The zero-order chi connectivity index (χ0) is 13.0. The number of rotatable bonds is 3. The first-order chi connectivity index (χ1) is 8.65. The molecule has 1 aromatic rings. The first kappa shape index (κ1) is 13.1. The van der Waals surface area contributed by atoms with Crippen LogP contribution in [0.25, 0.3) is 0 Å². The number of carbonyl (C=O) groups excluding carboxylic acids is 1. The van der Waals surface area contributed by atoms with Crippen LogP contribution in [0.1, 0.15) is 26.7 Å². The highest BCUT2D eigenvalue weighted by Crippen LogP contribution is 2.12. The predicted octanol–water partition coefficient (Wildman–Crippen LogP) is 1.56. The molecule has 2 heterocycles. The van der Waals surface area contributed by atoms with Crippen molar-refractivity contribution < 1.29 is 4.79 Å². The summed E-state index contributed by atoms with van der Waals surface area (Å²) in [5.41, 5.74) is 0. The molecule has 0 aliphatic carbocycles. The summed E-state index contributed by atoms with van der Waals surface area (Å²) in [6.07, 6.45) is 6.89.